The second-order valence-electron chi connectivity index (χ2n) is 7.62. The zero-order valence-electron chi connectivity index (χ0n) is 16.7. The highest BCUT2D eigenvalue weighted by molar-refractivity contribution is 6.30. The predicted octanol–water partition coefficient (Wildman–Crippen LogP) is 1.47. The molecular formula is C22H27ClN3O3+. The van der Waals surface area contributed by atoms with E-state index in [1.807, 2.05) is 43.4 Å². The lowest BCUT2D eigenvalue weighted by Gasteiger charge is -2.34. The Bertz CT molecular complexity index is 868. The highest BCUT2D eigenvalue weighted by atomic mass is 35.5. The Morgan fingerprint density at radius 3 is 2.62 bits per heavy atom. The van der Waals surface area contributed by atoms with Crippen LogP contribution in [0.25, 0.3) is 0 Å². The van der Waals surface area contributed by atoms with E-state index in [0.29, 0.717) is 26.3 Å². The number of rotatable bonds is 5. The van der Waals surface area contributed by atoms with Crippen LogP contribution in [0.2, 0.25) is 5.02 Å². The van der Waals surface area contributed by atoms with Gasteiger partial charge in [-0.25, -0.2) is 0 Å². The third-order valence-electron chi connectivity index (χ3n) is 5.50. The number of halogens is 1. The summed E-state index contributed by atoms with van der Waals surface area (Å²) in [5.41, 5.74) is 2.20. The Morgan fingerprint density at radius 2 is 1.86 bits per heavy atom. The molecule has 0 atom stereocenters. The Hall–Kier alpha value is -2.44. The lowest BCUT2D eigenvalue weighted by molar-refractivity contribution is -0.892. The Balaban J connectivity index is 1.27. The number of anilines is 1. The predicted molar refractivity (Wildman–Crippen MR) is 113 cm³/mol. The lowest BCUT2D eigenvalue weighted by atomic mass is 10.2. The summed E-state index contributed by atoms with van der Waals surface area (Å²) in [6.07, 6.45) is 0. The molecule has 7 heteroatoms. The largest absolute Gasteiger partial charge is 0.486 e. The molecule has 0 bridgehead atoms. The van der Waals surface area contributed by atoms with Crippen LogP contribution in [-0.4, -0.2) is 63.8 Å². The number of nitrogens with zero attached hydrogens (tertiary/aromatic N) is 2. The fourth-order valence-corrected chi connectivity index (χ4v) is 4.01. The van der Waals surface area contributed by atoms with Crippen molar-refractivity contribution < 1.29 is 19.2 Å². The van der Waals surface area contributed by atoms with Crippen LogP contribution in [0.1, 0.15) is 5.56 Å². The van der Waals surface area contributed by atoms with Gasteiger partial charge in [-0.15, -0.1) is 0 Å². The number of likely N-dealkylation sites (N-methyl/N-ethyl adjacent to an activating group) is 1. The van der Waals surface area contributed by atoms with Gasteiger partial charge in [0.1, 0.15) is 13.2 Å². The lowest BCUT2D eigenvalue weighted by Crippen LogP contribution is -3.15. The van der Waals surface area contributed by atoms with E-state index in [4.69, 9.17) is 21.1 Å². The topological polar surface area (TPSA) is 46.5 Å². The molecular weight excluding hydrogens is 390 g/mol. The molecule has 1 saturated heterocycles. The molecule has 0 unspecified atom stereocenters. The maximum absolute atomic E-state index is 12.7. The molecule has 2 aliphatic rings. The van der Waals surface area contributed by atoms with Crippen LogP contribution in [0.4, 0.5) is 5.69 Å². The van der Waals surface area contributed by atoms with Gasteiger partial charge >= 0.3 is 0 Å². The summed E-state index contributed by atoms with van der Waals surface area (Å²) in [5.74, 6) is 1.69. The SMILES string of the molecule is CN(Cc1ccc2c(c1)OCCO2)C(=O)C[NH+]1CCN(c2cccc(Cl)c2)CC1. The summed E-state index contributed by atoms with van der Waals surface area (Å²) in [5, 5.41) is 0.758. The summed E-state index contributed by atoms with van der Waals surface area (Å²) in [4.78, 5) is 18.2. The van der Waals surface area contributed by atoms with Gasteiger partial charge in [0.15, 0.2) is 18.0 Å². The van der Waals surface area contributed by atoms with Crippen LogP contribution in [0.15, 0.2) is 42.5 Å². The Labute approximate surface area is 176 Å². The molecule has 1 N–H and O–H groups in total. The molecule has 1 amide bonds. The van der Waals surface area contributed by atoms with E-state index >= 15 is 0 Å². The van der Waals surface area contributed by atoms with Crippen molar-refractivity contribution in [3.05, 3.63) is 53.1 Å². The van der Waals surface area contributed by atoms with Gasteiger partial charge < -0.3 is 24.2 Å². The van der Waals surface area contributed by atoms with Crippen LogP contribution in [0.3, 0.4) is 0 Å². The van der Waals surface area contributed by atoms with Crippen molar-refractivity contribution >= 4 is 23.2 Å². The van der Waals surface area contributed by atoms with Crippen molar-refractivity contribution in [1.82, 2.24) is 4.90 Å². The van der Waals surface area contributed by atoms with Gasteiger partial charge in [0.05, 0.1) is 26.2 Å². The number of carbonyl (C=O) groups is 1. The Morgan fingerprint density at radius 1 is 1.10 bits per heavy atom. The van der Waals surface area contributed by atoms with E-state index in [2.05, 4.69) is 11.0 Å². The molecule has 154 valence electrons. The van der Waals surface area contributed by atoms with E-state index < -0.39 is 0 Å². The number of hydrogen-bond donors (Lipinski definition) is 1. The van der Waals surface area contributed by atoms with Gasteiger partial charge in [-0.2, -0.15) is 0 Å². The van der Waals surface area contributed by atoms with Gasteiger partial charge in [-0.05, 0) is 35.9 Å². The van der Waals surface area contributed by atoms with Crippen molar-refractivity contribution in [2.75, 3.05) is 57.9 Å². The van der Waals surface area contributed by atoms with Crippen molar-refractivity contribution in [2.45, 2.75) is 6.54 Å². The molecule has 6 nitrogen and oxygen atoms in total. The molecule has 0 aromatic heterocycles. The molecule has 2 heterocycles. The number of nitrogens with one attached hydrogen (secondary N) is 1. The number of hydrogen-bond acceptors (Lipinski definition) is 4. The van der Waals surface area contributed by atoms with Crippen LogP contribution in [0.5, 0.6) is 11.5 Å². The molecule has 2 aromatic rings. The first-order valence-electron chi connectivity index (χ1n) is 10.0. The number of piperazine rings is 1. The van der Waals surface area contributed by atoms with Gasteiger partial charge in [0, 0.05) is 24.3 Å². The molecule has 29 heavy (non-hydrogen) atoms. The summed E-state index contributed by atoms with van der Waals surface area (Å²) < 4.78 is 11.2. The third-order valence-corrected chi connectivity index (χ3v) is 5.73. The minimum Gasteiger partial charge on any atom is -0.486 e. The first-order chi connectivity index (χ1) is 14.1. The number of benzene rings is 2. The number of ether oxygens (including phenoxy) is 2. The first kappa shape index (κ1) is 19.9. The standard InChI is InChI=1S/C22H26ClN3O3/c1-24(15-17-5-6-20-21(13-17)29-12-11-28-20)22(27)16-25-7-9-26(10-8-25)19-4-2-3-18(23)14-19/h2-6,13-14H,7-12,15-16H2,1H3/p+1. The molecule has 0 aliphatic carbocycles. The molecule has 2 aliphatic heterocycles. The van der Waals surface area contributed by atoms with Crippen LogP contribution in [-0.2, 0) is 11.3 Å². The molecule has 1 fully saturated rings. The fraction of sp³-hybridized carbons (Fsp3) is 0.409. The quantitative estimate of drug-likeness (QED) is 0.802. The maximum atomic E-state index is 12.7. The van der Waals surface area contributed by atoms with Crippen LogP contribution >= 0.6 is 11.6 Å². The minimum atomic E-state index is 0.158. The average Bonchev–Trinajstić information content (AvgIpc) is 2.74. The summed E-state index contributed by atoms with van der Waals surface area (Å²) in [6, 6.07) is 13.8. The summed E-state index contributed by atoms with van der Waals surface area (Å²) >= 11 is 6.11. The smallest absolute Gasteiger partial charge is 0.277 e. The number of amides is 1. The fourth-order valence-electron chi connectivity index (χ4n) is 3.83. The van der Waals surface area contributed by atoms with Gasteiger partial charge in [-0.1, -0.05) is 23.7 Å². The highest BCUT2D eigenvalue weighted by Crippen LogP contribution is 2.31. The van der Waals surface area contributed by atoms with Gasteiger partial charge in [0.2, 0.25) is 0 Å². The number of quaternary nitrogens is 1. The van der Waals surface area contributed by atoms with E-state index in [-0.39, 0.29) is 5.91 Å². The van der Waals surface area contributed by atoms with Crippen molar-refractivity contribution in [3.8, 4) is 11.5 Å². The highest BCUT2D eigenvalue weighted by Gasteiger charge is 2.24. The summed E-state index contributed by atoms with van der Waals surface area (Å²) in [7, 11) is 1.86. The second-order valence-corrected chi connectivity index (χ2v) is 8.06. The summed E-state index contributed by atoms with van der Waals surface area (Å²) in [6.45, 7) is 5.96. The third kappa shape index (κ3) is 4.95. The van der Waals surface area contributed by atoms with E-state index in [0.717, 1.165) is 54.0 Å². The van der Waals surface area contributed by atoms with Gasteiger partial charge in [-0.3, -0.25) is 4.79 Å². The van der Waals surface area contributed by atoms with Crippen LogP contribution in [0, 0.1) is 0 Å². The monoisotopic (exact) mass is 416 g/mol. The van der Waals surface area contributed by atoms with E-state index in [9.17, 15) is 4.79 Å². The van der Waals surface area contributed by atoms with Crippen molar-refractivity contribution in [3.63, 3.8) is 0 Å². The van der Waals surface area contributed by atoms with Gasteiger partial charge in [0.25, 0.3) is 5.91 Å². The van der Waals surface area contributed by atoms with E-state index in [1.165, 1.54) is 4.90 Å². The zero-order chi connectivity index (χ0) is 20.2. The first-order valence-corrected chi connectivity index (χ1v) is 10.4. The van der Waals surface area contributed by atoms with E-state index in [1.54, 1.807) is 4.90 Å². The zero-order valence-corrected chi connectivity index (χ0v) is 17.5. The number of carbonyl (C=O) groups excluding carboxylic acids is 1. The molecule has 2 aromatic carbocycles. The molecule has 0 saturated carbocycles. The number of fused-ring (bicyclic) bond motifs is 1. The average molecular weight is 417 g/mol. The molecule has 4 rings (SSSR count). The normalized spacial score (nSPS) is 16.6. The molecule has 0 spiro atoms. The second kappa shape index (κ2) is 8.93. The van der Waals surface area contributed by atoms with Crippen LogP contribution < -0.4 is 19.3 Å². The minimum absolute atomic E-state index is 0.158. The molecule has 0 radical (unpaired) electrons. The Kier molecular flexibility index (Phi) is 6.11. The van der Waals surface area contributed by atoms with Crippen molar-refractivity contribution in [2.24, 2.45) is 0 Å². The van der Waals surface area contributed by atoms with Crippen molar-refractivity contribution in [1.29, 1.82) is 0 Å². The maximum Gasteiger partial charge on any atom is 0.277 e.